The fourth-order valence-electron chi connectivity index (χ4n) is 1.70. The van der Waals surface area contributed by atoms with Crippen molar-refractivity contribution >= 4 is 17.6 Å². The highest BCUT2D eigenvalue weighted by Gasteiger charge is 2.16. The van der Waals surface area contributed by atoms with Crippen LogP contribution in [-0.4, -0.2) is 30.1 Å². The predicted molar refractivity (Wildman–Crippen MR) is 78.2 cm³/mol. The van der Waals surface area contributed by atoms with Crippen LogP contribution < -0.4 is 0 Å². The summed E-state index contributed by atoms with van der Waals surface area (Å²) in [5.41, 5.74) is 0.724. The SMILES string of the molecule is CN(CCC(=O)OC(C)(C)C)Cc1cccc(Cl)c1. The standard InChI is InChI=1S/C15H22ClNO2/c1-15(2,3)19-14(18)8-9-17(4)11-12-6-5-7-13(16)10-12/h5-7,10H,8-9,11H2,1-4H3. The third-order valence-electron chi connectivity index (χ3n) is 2.46. The second-order valence-corrected chi connectivity index (χ2v) is 6.14. The van der Waals surface area contributed by atoms with Gasteiger partial charge in [-0.3, -0.25) is 4.79 Å². The van der Waals surface area contributed by atoms with E-state index in [1.54, 1.807) is 0 Å². The van der Waals surface area contributed by atoms with Crippen LogP contribution in [0.5, 0.6) is 0 Å². The van der Waals surface area contributed by atoms with Gasteiger partial charge in [-0.2, -0.15) is 0 Å². The lowest BCUT2D eigenvalue weighted by molar-refractivity contribution is -0.155. The minimum atomic E-state index is -0.414. The summed E-state index contributed by atoms with van der Waals surface area (Å²) < 4.78 is 5.27. The Bertz CT molecular complexity index is 426. The molecule has 0 radical (unpaired) electrons. The summed E-state index contributed by atoms with van der Waals surface area (Å²) in [6.07, 6.45) is 0.397. The van der Waals surface area contributed by atoms with Gasteiger partial charge >= 0.3 is 5.97 Å². The summed E-state index contributed by atoms with van der Waals surface area (Å²) in [7, 11) is 1.98. The maximum Gasteiger partial charge on any atom is 0.307 e. The lowest BCUT2D eigenvalue weighted by Crippen LogP contribution is -2.27. The maximum atomic E-state index is 11.6. The van der Waals surface area contributed by atoms with Crippen LogP contribution in [0.4, 0.5) is 0 Å². The highest BCUT2D eigenvalue weighted by atomic mass is 35.5. The van der Waals surface area contributed by atoms with E-state index in [2.05, 4.69) is 4.90 Å². The first-order chi connectivity index (χ1) is 8.76. The molecule has 0 spiro atoms. The van der Waals surface area contributed by atoms with Crippen LogP contribution in [0.25, 0.3) is 0 Å². The van der Waals surface area contributed by atoms with Crippen molar-refractivity contribution in [3.63, 3.8) is 0 Å². The van der Waals surface area contributed by atoms with Crippen LogP contribution in [0.1, 0.15) is 32.8 Å². The van der Waals surface area contributed by atoms with Gasteiger partial charge in [0.15, 0.2) is 0 Å². The molecule has 3 nitrogen and oxygen atoms in total. The molecule has 0 heterocycles. The number of benzene rings is 1. The molecule has 0 unspecified atom stereocenters. The zero-order valence-corrected chi connectivity index (χ0v) is 12.8. The van der Waals surface area contributed by atoms with Crippen LogP contribution in [-0.2, 0) is 16.1 Å². The van der Waals surface area contributed by atoms with E-state index in [0.29, 0.717) is 13.0 Å². The Morgan fingerprint density at radius 3 is 2.63 bits per heavy atom. The Morgan fingerprint density at radius 1 is 1.37 bits per heavy atom. The third-order valence-corrected chi connectivity index (χ3v) is 2.69. The van der Waals surface area contributed by atoms with Crippen molar-refractivity contribution in [3.05, 3.63) is 34.9 Å². The summed E-state index contributed by atoms with van der Waals surface area (Å²) in [5.74, 6) is -0.162. The smallest absolute Gasteiger partial charge is 0.307 e. The van der Waals surface area contributed by atoms with Crippen LogP contribution >= 0.6 is 11.6 Å². The Morgan fingerprint density at radius 2 is 2.05 bits per heavy atom. The molecule has 0 bridgehead atoms. The lowest BCUT2D eigenvalue weighted by Gasteiger charge is -2.21. The summed E-state index contributed by atoms with van der Waals surface area (Å²) in [4.78, 5) is 13.7. The van der Waals surface area contributed by atoms with Gasteiger partial charge in [-0.05, 0) is 45.5 Å². The number of halogens is 1. The minimum Gasteiger partial charge on any atom is -0.460 e. The minimum absolute atomic E-state index is 0.162. The van der Waals surface area contributed by atoms with E-state index < -0.39 is 5.60 Å². The monoisotopic (exact) mass is 283 g/mol. The van der Waals surface area contributed by atoms with Gasteiger partial charge in [0.25, 0.3) is 0 Å². The van der Waals surface area contributed by atoms with Crippen LogP contribution in [0.2, 0.25) is 5.02 Å². The molecular weight excluding hydrogens is 262 g/mol. The molecule has 0 aliphatic heterocycles. The fourth-order valence-corrected chi connectivity index (χ4v) is 1.91. The quantitative estimate of drug-likeness (QED) is 0.775. The largest absolute Gasteiger partial charge is 0.460 e. The first-order valence-corrected chi connectivity index (χ1v) is 6.79. The zero-order chi connectivity index (χ0) is 14.5. The summed E-state index contributed by atoms with van der Waals surface area (Å²) in [5, 5.41) is 0.734. The van der Waals surface area contributed by atoms with Gasteiger partial charge in [0, 0.05) is 18.1 Å². The number of nitrogens with zero attached hydrogens (tertiary/aromatic N) is 1. The Labute approximate surface area is 120 Å². The molecule has 4 heteroatoms. The predicted octanol–water partition coefficient (Wildman–Crippen LogP) is 3.50. The number of ether oxygens (including phenoxy) is 1. The van der Waals surface area contributed by atoms with E-state index in [0.717, 1.165) is 17.1 Å². The third kappa shape index (κ3) is 7.19. The van der Waals surface area contributed by atoms with E-state index in [1.165, 1.54) is 0 Å². The van der Waals surface area contributed by atoms with Crippen molar-refractivity contribution in [2.24, 2.45) is 0 Å². The van der Waals surface area contributed by atoms with E-state index in [4.69, 9.17) is 16.3 Å². The Hall–Kier alpha value is -1.06. The maximum absolute atomic E-state index is 11.6. The molecule has 0 aromatic heterocycles. The second kappa shape index (κ2) is 6.92. The molecule has 0 atom stereocenters. The highest BCUT2D eigenvalue weighted by molar-refractivity contribution is 6.30. The average molecular weight is 284 g/mol. The van der Waals surface area contributed by atoms with Crippen molar-refractivity contribution in [1.29, 1.82) is 0 Å². The van der Waals surface area contributed by atoms with Crippen molar-refractivity contribution in [1.82, 2.24) is 4.90 Å². The first kappa shape index (κ1) is 16.0. The molecule has 0 aliphatic carbocycles. The van der Waals surface area contributed by atoms with Crippen LogP contribution in [0, 0.1) is 0 Å². The molecule has 1 rings (SSSR count). The van der Waals surface area contributed by atoms with Crippen LogP contribution in [0.3, 0.4) is 0 Å². The lowest BCUT2D eigenvalue weighted by atomic mass is 10.2. The van der Waals surface area contributed by atoms with Crippen molar-refractivity contribution in [2.75, 3.05) is 13.6 Å². The van der Waals surface area contributed by atoms with Crippen LogP contribution in [0.15, 0.2) is 24.3 Å². The van der Waals surface area contributed by atoms with Gasteiger partial charge in [-0.15, -0.1) is 0 Å². The first-order valence-electron chi connectivity index (χ1n) is 6.41. The number of carbonyl (C=O) groups excluding carboxylic acids is 1. The van der Waals surface area contributed by atoms with E-state index in [-0.39, 0.29) is 5.97 Å². The molecule has 0 amide bonds. The van der Waals surface area contributed by atoms with E-state index in [9.17, 15) is 4.79 Å². The second-order valence-electron chi connectivity index (χ2n) is 5.70. The topological polar surface area (TPSA) is 29.5 Å². The summed E-state index contributed by atoms with van der Waals surface area (Å²) in [6.45, 7) is 7.06. The highest BCUT2D eigenvalue weighted by Crippen LogP contribution is 2.13. The Kier molecular flexibility index (Phi) is 5.83. The zero-order valence-electron chi connectivity index (χ0n) is 12.1. The number of carbonyl (C=O) groups is 1. The molecule has 1 aromatic rings. The Balaban J connectivity index is 2.36. The van der Waals surface area contributed by atoms with Crippen molar-refractivity contribution < 1.29 is 9.53 Å². The molecule has 1 aromatic carbocycles. The molecule has 106 valence electrons. The number of hydrogen-bond acceptors (Lipinski definition) is 3. The van der Waals surface area contributed by atoms with Gasteiger partial charge in [0.1, 0.15) is 5.60 Å². The molecular formula is C15H22ClNO2. The number of esters is 1. The summed E-state index contributed by atoms with van der Waals surface area (Å²) in [6, 6.07) is 7.74. The fraction of sp³-hybridized carbons (Fsp3) is 0.533. The molecule has 0 N–H and O–H groups in total. The molecule has 0 saturated heterocycles. The number of hydrogen-bond donors (Lipinski definition) is 0. The normalized spacial score (nSPS) is 11.7. The number of rotatable bonds is 5. The molecule has 0 saturated carbocycles. The van der Waals surface area contributed by atoms with E-state index >= 15 is 0 Å². The van der Waals surface area contributed by atoms with Crippen molar-refractivity contribution in [2.45, 2.75) is 39.3 Å². The van der Waals surface area contributed by atoms with Gasteiger partial charge < -0.3 is 9.64 Å². The van der Waals surface area contributed by atoms with E-state index in [1.807, 2.05) is 52.1 Å². The molecule has 0 aliphatic rings. The van der Waals surface area contributed by atoms with Gasteiger partial charge in [-0.1, -0.05) is 23.7 Å². The van der Waals surface area contributed by atoms with Gasteiger partial charge in [0.2, 0.25) is 0 Å². The molecule has 19 heavy (non-hydrogen) atoms. The average Bonchev–Trinajstić information content (AvgIpc) is 2.24. The van der Waals surface area contributed by atoms with Gasteiger partial charge in [-0.25, -0.2) is 0 Å². The summed E-state index contributed by atoms with van der Waals surface area (Å²) >= 11 is 5.94. The van der Waals surface area contributed by atoms with Crippen molar-refractivity contribution in [3.8, 4) is 0 Å². The van der Waals surface area contributed by atoms with Gasteiger partial charge in [0.05, 0.1) is 6.42 Å². The molecule has 0 fully saturated rings.